The summed E-state index contributed by atoms with van der Waals surface area (Å²) in [6.45, 7) is 2.73. The number of carbonyl (C=O) groups is 1. The smallest absolute Gasteiger partial charge is 0.189 e. The second-order valence-electron chi connectivity index (χ2n) is 6.71. The summed E-state index contributed by atoms with van der Waals surface area (Å²) in [5, 5.41) is 0. The maximum Gasteiger partial charge on any atom is 0.189 e. The van der Waals surface area contributed by atoms with Gasteiger partial charge in [-0.2, -0.15) is 0 Å². The molecule has 7 heteroatoms. The predicted octanol–water partition coefficient (Wildman–Crippen LogP) is 4.39. The quantitative estimate of drug-likeness (QED) is 0.514. The number of methoxy groups -OCH3 is 1. The molecule has 2 aromatic rings. The number of ether oxygens (including phenoxy) is 2. The van der Waals surface area contributed by atoms with Gasteiger partial charge in [0.1, 0.15) is 17.4 Å². The van der Waals surface area contributed by atoms with Gasteiger partial charge in [0.2, 0.25) is 0 Å². The van der Waals surface area contributed by atoms with Crippen molar-refractivity contribution in [1.82, 2.24) is 0 Å². The molecule has 4 rings (SSSR count). The lowest BCUT2D eigenvalue weighted by Gasteiger charge is -2.30. The van der Waals surface area contributed by atoms with Crippen LogP contribution < -0.4 is 9.64 Å². The Bertz CT molecular complexity index is 984. The molecule has 1 aliphatic carbocycles. The highest BCUT2D eigenvalue weighted by molar-refractivity contribution is 9.10. The molecule has 2 aromatic carbocycles. The van der Waals surface area contributed by atoms with E-state index in [2.05, 4.69) is 20.8 Å². The molecule has 0 atom stereocenters. The van der Waals surface area contributed by atoms with Gasteiger partial charge in [-0.1, -0.05) is 0 Å². The van der Waals surface area contributed by atoms with Crippen molar-refractivity contribution in [3.05, 3.63) is 62.6 Å². The Morgan fingerprint density at radius 2 is 1.96 bits per heavy atom. The van der Waals surface area contributed by atoms with Crippen LogP contribution in [0.5, 0.6) is 5.75 Å². The molecule has 4 nitrogen and oxygen atoms in total. The summed E-state index contributed by atoms with van der Waals surface area (Å²) in [7, 11) is 1.56. The summed E-state index contributed by atoms with van der Waals surface area (Å²) in [5.41, 5.74) is 2.38. The molecule has 0 N–H and O–H groups in total. The van der Waals surface area contributed by atoms with Crippen molar-refractivity contribution in [2.45, 2.75) is 6.42 Å². The number of ketones is 1. The lowest BCUT2D eigenvalue weighted by Crippen LogP contribution is -2.36. The number of carbonyl (C=O) groups excluding carboxylic acids is 1. The van der Waals surface area contributed by atoms with Crippen LogP contribution in [-0.4, -0.2) is 39.2 Å². The zero-order chi connectivity index (χ0) is 19.8. The molecule has 1 heterocycles. The van der Waals surface area contributed by atoms with Gasteiger partial charge in [0, 0.05) is 36.2 Å². The summed E-state index contributed by atoms with van der Waals surface area (Å²) in [6.07, 6.45) is 1.62. The van der Waals surface area contributed by atoms with E-state index in [1.165, 1.54) is 18.2 Å². The van der Waals surface area contributed by atoms with Crippen molar-refractivity contribution in [3.8, 4) is 5.75 Å². The number of hydrogen-bond donors (Lipinski definition) is 0. The molecular weight excluding hydrogens is 432 g/mol. The Labute approximate surface area is 169 Å². The molecule has 0 spiro atoms. The largest absolute Gasteiger partial charge is 0.495 e. The van der Waals surface area contributed by atoms with Gasteiger partial charge in [-0.3, -0.25) is 4.79 Å². The van der Waals surface area contributed by atoms with Crippen LogP contribution in [0.1, 0.15) is 21.5 Å². The summed E-state index contributed by atoms with van der Waals surface area (Å²) < 4.78 is 39.5. The number of morpholine rings is 1. The molecule has 0 radical (unpaired) electrons. The summed E-state index contributed by atoms with van der Waals surface area (Å²) in [6, 6.07) is 6.13. The Hall–Kier alpha value is -2.25. The lowest BCUT2D eigenvalue weighted by molar-refractivity contribution is 0.104. The first-order valence-corrected chi connectivity index (χ1v) is 9.71. The van der Waals surface area contributed by atoms with E-state index in [9.17, 15) is 13.6 Å². The van der Waals surface area contributed by atoms with Gasteiger partial charge in [0.15, 0.2) is 5.78 Å². The summed E-state index contributed by atoms with van der Waals surface area (Å²) >= 11 is 3.06. The van der Waals surface area contributed by atoms with Gasteiger partial charge < -0.3 is 14.4 Å². The predicted molar refractivity (Wildman–Crippen MR) is 106 cm³/mol. The fourth-order valence-electron chi connectivity index (χ4n) is 3.61. The van der Waals surface area contributed by atoms with Crippen molar-refractivity contribution in [2.24, 2.45) is 0 Å². The molecule has 2 aliphatic rings. The summed E-state index contributed by atoms with van der Waals surface area (Å²) in [4.78, 5) is 15.0. The van der Waals surface area contributed by atoms with E-state index in [0.29, 0.717) is 36.5 Å². The molecule has 0 aromatic heterocycles. The number of hydrogen-bond acceptors (Lipinski definition) is 4. The maximum absolute atomic E-state index is 14.3. The van der Waals surface area contributed by atoms with E-state index >= 15 is 0 Å². The second-order valence-corrected chi connectivity index (χ2v) is 7.57. The molecule has 0 saturated carbocycles. The van der Waals surface area contributed by atoms with Crippen LogP contribution in [0.25, 0.3) is 6.08 Å². The number of fused-ring (bicyclic) bond motifs is 1. The Kier molecular flexibility index (Phi) is 5.21. The van der Waals surface area contributed by atoms with Crippen LogP contribution in [0.4, 0.5) is 14.5 Å². The second kappa shape index (κ2) is 7.64. The lowest BCUT2D eigenvalue weighted by atomic mass is 10.1. The average Bonchev–Trinajstić information content (AvgIpc) is 3.02. The first kappa shape index (κ1) is 19.1. The standard InChI is InChI=1S/C21H18BrF2NO3/c1-27-19-11-14-12(10-18(19)25-4-6-28-7-5-25)8-13(21(14)26)9-15-17(23)3-2-16(22)20(15)24/h2-3,9-11H,4-8H2,1H3. The first-order valence-electron chi connectivity index (χ1n) is 8.92. The Morgan fingerprint density at radius 1 is 1.21 bits per heavy atom. The van der Waals surface area contributed by atoms with Crippen molar-refractivity contribution in [3.63, 3.8) is 0 Å². The molecule has 146 valence electrons. The number of Topliss-reactive ketones (excluding diaryl/α,β-unsaturated/α-hetero) is 1. The average molecular weight is 450 g/mol. The van der Waals surface area contributed by atoms with E-state index in [1.807, 2.05) is 6.07 Å². The molecule has 0 amide bonds. The van der Waals surface area contributed by atoms with Crippen LogP contribution in [0.3, 0.4) is 0 Å². The third-order valence-corrected chi connectivity index (χ3v) is 5.68. The van der Waals surface area contributed by atoms with Crippen molar-refractivity contribution < 1.29 is 23.0 Å². The van der Waals surface area contributed by atoms with Gasteiger partial charge in [0.05, 0.1) is 30.5 Å². The fraction of sp³-hybridized carbons (Fsp3) is 0.286. The van der Waals surface area contributed by atoms with Crippen LogP contribution in [0.15, 0.2) is 34.3 Å². The molecule has 0 bridgehead atoms. The minimum absolute atomic E-state index is 0.153. The van der Waals surface area contributed by atoms with E-state index in [-0.39, 0.29) is 15.8 Å². The number of halogens is 3. The normalized spacial score (nSPS) is 17.9. The van der Waals surface area contributed by atoms with Gasteiger partial charge in [-0.15, -0.1) is 0 Å². The highest BCUT2D eigenvalue weighted by Crippen LogP contribution is 2.38. The van der Waals surface area contributed by atoms with Gasteiger partial charge in [-0.25, -0.2) is 8.78 Å². The number of rotatable bonds is 3. The number of allylic oxidation sites excluding steroid dienone is 1. The topological polar surface area (TPSA) is 38.8 Å². The van der Waals surface area contributed by atoms with Gasteiger partial charge in [0.25, 0.3) is 0 Å². The Balaban J connectivity index is 1.73. The van der Waals surface area contributed by atoms with E-state index < -0.39 is 11.6 Å². The van der Waals surface area contributed by atoms with Crippen molar-refractivity contribution >= 4 is 33.5 Å². The number of nitrogens with zero attached hydrogens (tertiary/aromatic N) is 1. The van der Waals surface area contributed by atoms with E-state index in [1.54, 1.807) is 13.2 Å². The maximum atomic E-state index is 14.3. The molecule has 1 saturated heterocycles. The molecule has 1 aliphatic heterocycles. The number of benzene rings is 2. The molecule has 28 heavy (non-hydrogen) atoms. The highest BCUT2D eigenvalue weighted by Gasteiger charge is 2.29. The first-order chi connectivity index (χ1) is 13.5. The minimum Gasteiger partial charge on any atom is -0.495 e. The third-order valence-electron chi connectivity index (χ3n) is 5.07. The monoisotopic (exact) mass is 449 g/mol. The minimum atomic E-state index is -0.720. The van der Waals surface area contributed by atoms with E-state index in [0.717, 1.165) is 24.3 Å². The molecule has 0 unspecified atom stereocenters. The van der Waals surface area contributed by atoms with Crippen LogP contribution in [-0.2, 0) is 11.2 Å². The molecular formula is C21H18BrF2NO3. The number of anilines is 1. The van der Waals surface area contributed by atoms with Crippen molar-refractivity contribution in [2.75, 3.05) is 38.3 Å². The highest BCUT2D eigenvalue weighted by atomic mass is 79.9. The zero-order valence-corrected chi connectivity index (χ0v) is 16.8. The van der Waals surface area contributed by atoms with Gasteiger partial charge >= 0.3 is 0 Å². The SMILES string of the molecule is COc1cc2c(cc1N1CCOCC1)CC(=Cc1c(F)ccc(Br)c1F)C2=O. The van der Waals surface area contributed by atoms with Crippen LogP contribution >= 0.6 is 15.9 Å². The fourth-order valence-corrected chi connectivity index (χ4v) is 3.95. The van der Waals surface area contributed by atoms with Crippen LogP contribution in [0, 0.1) is 11.6 Å². The zero-order valence-electron chi connectivity index (χ0n) is 15.2. The van der Waals surface area contributed by atoms with Gasteiger partial charge in [-0.05, 0) is 51.8 Å². The third kappa shape index (κ3) is 3.33. The molecule has 1 fully saturated rings. The Morgan fingerprint density at radius 3 is 2.68 bits per heavy atom. The van der Waals surface area contributed by atoms with Crippen LogP contribution in [0.2, 0.25) is 0 Å². The van der Waals surface area contributed by atoms with E-state index in [4.69, 9.17) is 9.47 Å². The van der Waals surface area contributed by atoms with Crippen molar-refractivity contribution in [1.29, 1.82) is 0 Å². The summed E-state index contributed by atoms with van der Waals surface area (Å²) in [5.74, 6) is -1.05.